The van der Waals surface area contributed by atoms with Crippen LogP contribution in [-0.2, 0) is 4.74 Å². The Morgan fingerprint density at radius 2 is 2.29 bits per heavy atom. The lowest BCUT2D eigenvalue weighted by Gasteiger charge is -2.16. The number of hydrogen-bond acceptors (Lipinski definition) is 1. The third kappa shape index (κ3) is 2.86. The summed E-state index contributed by atoms with van der Waals surface area (Å²) in [6.07, 6.45) is 4.48. The van der Waals surface area contributed by atoms with Crippen molar-refractivity contribution in [3.63, 3.8) is 0 Å². The maximum Gasteiger partial charge on any atom is 0.126 e. The summed E-state index contributed by atoms with van der Waals surface area (Å²) >= 11 is 0. The van der Waals surface area contributed by atoms with Crippen LogP contribution in [0.4, 0.5) is 4.39 Å². The van der Waals surface area contributed by atoms with Gasteiger partial charge in [0, 0.05) is 6.61 Å². The second-order valence-electron chi connectivity index (χ2n) is 4.97. The topological polar surface area (TPSA) is 9.23 Å². The first kappa shape index (κ1) is 12.6. The molecular weight excluding hydrogens is 215 g/mol. The molecule has 1 fully saturated rings. The average molecular weight is 236 g/mol. The number of rotatable bonds is 4. The Bertz CT molecular complexity index is 369. The molecule has 2 rings (SSSR count). The van der Waals surface area contributed by atoms with Crippen molar-refractivity contribution in [2.45, 2.75) is 51.6 Å². The molecule has 0 spiro atoms. The van der Waals surface area contributed by atoms with E-state index in [9.17, 15) is 4.39 Å². The summed E-state index contributed by atoms with van der Waals surface area (Å²) in [4.78, 5) is 0. The van der Waals surface area contributed by atoms with Gasteiger partial charge in [-0.2, -0.15) is 0 Å². The molecule has 1 aliphatic rings. The minimum absolute atomic E-state index is 0.0762. The van der Waals surface area contributed by atoms with E-state index in [0.717, 1.165) is 43.4 Å². The smallest absolute Gasteiger partial charge is 0.126 e. The van der Waals surface area contributed by atoms with Gasteiger partial charge in [-0.25, -0.2) is 4.39 Å². The van der Waals surface area contributed by atoms with E-state index in [-0.39, 0.29) is 11.9 Å². The van der Waals surface area contributed by atoms with Crippen molar-refractivity contribution in [3.8, 4) is 0 Å². The lowest BCUT2D eigenvalue weighted by Crippen LogP contribution is -2.02. The average Bonchev–Trinajstić information content (AvgIpc) is 2.83. The van der Waals surface area contributed by atoms with E-state index in [1.54, 1.807) is 6.07 Å². The van der Waals surface area contributed by atoms with Gasteiger partial charge in [0.15, 0.2) is 0 Å². The van der Waals surface area contributed by atoms with Gasteiger partial charge in [0.25, 0.3) is 0 Å². The van der Waals surface area contributed by atoms with Crippen LogP contribution in [-0.4, -0.2) is 6.61 Å². The van der Waals surface area contributed by atoms with Crippen LogP contribution in [0.1, 0.15) is 62.7 Å². The monoisotopic (exact) mass is 236 g/mol. The van der Waals surface area contributed by atoms with E-state index in [2.05, 4.69) is 13.8 Å². The molecule has 0 radical (unpaired) electrons. The molecule has 17 heavy (non-hydrogen) atoms. The van der Waals surface area contributed by atoms with E-state index in [1.165, 1.54) is 0 Å². The molecule has 0 bridgehead atoms. The molecule has 94 valence electrons. The zero-order chi connectivity index (χ0) is 12.3. The van der Waals surface area contributed by atoms with Crippen LogP contribution < -0.4 is 0 Å². The zero-order valence-electron chi connectivity index (χ0n) is 10.7. The van der Waals surface area contributed by atoms with Gasteiger partial charge in [-0.05, 0) is 42.4 Å². The number of hydrogen-bond donors (Lipinski definition) is 0. The first-order valence-electron chi connectivity index (χ1n) is 6.63. The molecule has 2 unspecified atom stereocenters. The molecule has 1 nitrogen and oxygen atoms in total. The van der Waals surface area contributed by atoms with Crippen LogP contribution in [0, 0.1) is 5.82 Å². The van der Waals surface area contributed by atoms with Crippen molar-refractivity contribution in [2.24, 2.45) is 0 Å². The highest BCUT2D eigenvalue weighted by Crippen LogP contribution is 2.32. The van der Waals surface area contributed by atoms with Gasteiger partial charge in [0.1, 0.15) is 5.82 Å². The van der Waals surface area contributed by atoms with Crippen molar-refractivity contribution in [3.05, 3.63) is 35.1 Å². The Morgan fingerprint density at radius 1 is 1.47 bits per heavy atom. The summed E-state index contributed by atoms with van der Waals surface area (Å²) in [5.74, 6) is 0.217. The first-order valence-corrected chi connectivity index (χ1v) is 6.63. The molecular formula is C15H21FO. The quantitative estimate of drug-likeness (QED) is 0.743. The lowest BCUT2D eigenvalue weighted by atomic mass is 9.93. The van der Waals surface area contributed by atoms with Crippen LogP contribution in [0.25, 0.3) is 0 Å². The van der Waals surface area contributed by atoms with E-state index in [1.807, 2.05) is 12.1 Å². The molecule has 0 aromatic heterocycles. The zero-order valence-corrected chi connectivity index (χ0v) is 10.7. The number of benzene rings is 1. The second kappa shape index (κ2) is 5.63. The molecule has 1 heterocycles. The molecule has 2 heteroatoms. The second-order valence-corrected chi connectivity index (χ2v) is 4.97. The maximum absolute atomic E-state index is 13.8. The normalized spacial score (nSPS) is 21.7. The molecule has 1 aliphatic heterocycles. The third-order valence-corrected chi connectivity index (χ3v) is 3.57. The molecule has 0 amide bonds. The largest absolute Gasteiger partial charge is 0.374 e. The Hall–Kier alpha value is -0.890. The van der Waals surface area contributed by atoms with Gasteiger partial charge in [-0.15, -0.1) is 0 Å². The maximum atomic E-state index is 13.8. The highest BCUT2D eigenvalue weighted by atomic mass is 19.1. The van der Waals surface area contributed by atoms with Gasteiger partial charge in [0.05, 0.1) is 6.10 Å². The van der Waals surface area contributed by atoms with Gasteiger partial charge in [-0.1, -0.05) is 32.4 Å². The van der Waals surface area contributed by atoms with E-state index >= 15 is 0 Å². The van der Waals surface area contributed by atoms with E-state index in [4.69, 9.17) is 4.74 Å². The lowest BCUT2D eigenvalue weighted by molar-refractivity contribution is 0.112. The minimum atomic E-state index is -0.0762. The highest BCUT2D eigenvalue weighted by molar-refractivity contribution is 5.29. The van der Waals surface area contributed by atoms with Crippen molar-refractivity contribution in [2.75, 3.05) is 6.61 Å². The SMILES string of the molecule is CCCC(C)c1cc(C2CCCO2)ccc1F. The Balaban J connectivity index is 2.22. The van der Waals surface area contributed by atoms with Gasteiger partial charge < -0.3 is 4.74 Å². The van der Waals surface area contributed by atoms with Gasteiger partial charge >= 0.3 is 0 Å². The van der Waals surface area contributed by atoms with E-state index < -0.39 is 0 Å². The summed E-state index contributed by atoms with van der Waals surface area (Å²) in [6.45, 7) is 5.07. The van der Waals surface area contributed by atoms with Crippen LogP contribution in [0.5, 0.6) is 0 Å². The van der Waals surface area contributed by atoms with Gasteiger partial charge in [0.2, 0.25) is 0 Å². The first-order chi connectivity index (χ1) is 8.22. The summed E-state index contributed by atoms with van der Waals surface area (Å²) in [5, 5.41) is 0. The molecule has 0 saturated carbocycles. The van der Waals surface area contributed by atoms with Crippen molar-refractivity contribution in [1.82, 2.24) is 0 Å². The molecule has 0 aliphatic carbocycles. The van der Waals surface area contributed by atoms with Crippen LogP contribution in [0.15, 0.2) is 18.2 Å². The molecule has 2 atom stereocenters. The van der Waals surface area contributed by atoms with Crippen molar-refractivity contribution >= 4 is 0 Å². The van der Waals surface area contributed by atoms with Crippen LogP contribution in [0.2, 0.25) is 0 Å². The van der Waals surface area contributed by atoms with Crippen LogP contribution in [0.3, 0.4) is 0 Å². The molecule has 1 saturated heterocycles. The summed E-state index contributed by atoms with van der Waals surface area (Å²) in [6, 6.07) is 5.47. The van der Waals surface area contributed by atoms with Crippen LogP contribution >= 0.6 is 0 Å². The van der Waals surface area contributed by atoms with E-state index in [0.29, 0.717) is 5.92 Å². The summed E-state index contributed by atoms with van der Waals surface area (Å²) < 4.78 is 19.4. The number of ether oxygens (including phenoxy) is 1. The Labute approximate surface area is 103 Å². The molecule has 1 aromatic carbocycles. The number of halogens is 1. The standard InChI is InChI=1S/C15H21FO/c1-3-5-11(2)13-10-12(7-8-14(13)16)15-6-4-9-17-15/h7-8,10-11,15H,3-6,9H2,1-2H3. The fraction of sp³-hybridized carbons (Fsp3) is 0.600. The van der Waals surface area contributed by atoms with Crippen molar-refractivity contribution < 1.29 is 9.13 Å². The predicted octanol–water partition coefficient (Wildman–Crippen LogP) is 4.58. The molecule has 0 N–H and O–H groups in total. The Morgan fingerprint density at radius 3 is 2.94 bits per heavy atom. The van der Waals surface area contributed by atoms with Crippen molar-refractivity contribution in [1.29, 1.82) is 0 Å². The fourth-order valence-electron chi connectivity index (χ4n) is 2.57. The van der Waals surface area contributed by atoms with Gasteiger partial charge in [-0.3, -0.25) is 0 Å². The Kier molecular flexibility index (Phi) is 4.16. The highest BCUT2D eigenvalue weighted by Gasteiger charge is 2.20. The summed E-state index contributed by atoms with van der Waals surface area (Å²) in [5.41, 5.74) is 1.99. The fourth-order valence-corrected chi connectivity index (χ4v) is 2.57. The third-order valence-electron chi connectivity index (χ3n) is 3.57. The predicted molar refractivity (Wildman–Crippen MR) is 67.7 cm³/mol. The minimum Gasteiger partial charge on any atom is -0.374 e. The summed E-state index contributed by atoms with van der Waals surface area (Å²) in [7, 11) is 0. The molecule has 1 aromatic rings.